The van der Waals surface area contributed by atoms with Gasteiger partial charge in [-0.3, -0.25) is 9.69 Å². The van der Waals surface area contributed by atoms with Crippen LogP contribution in [0.3, 0.4) is 0 Å². The van der Waals surface area contributed by atoms with Crippen LogP contribution in [0.2, 0.25) is 0 Å². The lowest BCUT2D eigenvalue weighted by molar-refractivity contribution is -0.133. The van der Waals surface area contributed by atoms with Crippen LogP contribution in [0.5, 0.6) is 5.75 Å². The van der Waals surface area contributed by atoms with Gasteiger partial charge in [-0.2, -0.15) is 0 Å². The van der Waals surface area contributed by atoms with Crippen molar-refractivity contribution in [2.75, 3.05) is 40.4 Å². The fraction of sp³-hybridized carbons (Fsp3) is 0.632. The van der Waals surface area contributed by atoms with Gasteiger partial charge in [0, 0.05) is 13.1 Å². The highest BCUT2D eigenvalue weighted by molar-refractivity contribution is 5.78. The summed E-state index contributed by atoms with van der Waals surface area (Å²) in [5.41, 5.74) is 0.987. The van der Waals surface area contributed by atoms with E-state index >= 15 is 0 Å². The highest BCUT2D eigenvalue weighted by atomic mass is 16.5. The molecule has 2 rings (SSSR count). The zero-order valence-electron chi connectivity index (χ0n) is 14.9. The number of benzene rings is 1. The average Bonchev–Trinajstić information content (AvgIpc) is 2.55. The molecule has 0 spiro atoms. The lowest BCUT2D eigenvalue weighted by Crippen LogP contribution is -2.42. The summed E-state index contributed by atoms with van der Waals surface area (Å²) in [7, 11) is 3.53. The predicted octanol–water partition coefficient (Wildman–Crippen LogP) is 2.45. The number of aliphatic hydroxyl groups excluding tert-OH is 1. The van der Waals surface area contributed by atoms with Gasteiger partial charge in [0.2, 0.25) is 5.91 Å². The van der Waals surface area contributed by atoms with Gasteiger partial charge in [-0.25, -0.2) is 0 Å². The van der Waals surface area contributed by atoms with Crippen LogP contribution in [0.1, 0.15) is 43.7 Å². The summed E-state index contributed by atoms with van der Waals surface area (Å²) in [6.07, 6.45) is 5.90. The van der Waals surface area contributed by atoms with E-state index in [1.165, 1.54) is 19.3 Å². The largest absolute Gasteiger partial charge is 0.497 e. The van der Waals surface area contributed by atoms with Crippen LogP contribution < -0.4 is 4.74 Å². The maximum absolute atomic E-state index is 12.6. The van der Waals surface area contributed by atoms with Crippen LogP contribution in [0, 0.1) is 0 Å². The number of amides is 1. The van der Waals surface area contributed by atoms with Crippen LogP contribution in [0.25, 0.3) is 0 Å². The molecule has 1 aliphatic heterocycles. The highest BCUT2D eigenvalue weighted by Crippen LogP contribution is 2.22. The Kier molecular flexibility index (Phi) is 7.53. The summed E-state index contributed by atoms with van der Waals surface area (Å²) in [5.74, 6) is 0.946. The third-order valence-electron chi connectivity index (χ3n) is 4.80. The Morgan fingerprint density at radius 3 is 2.29 bits per heavy atom. The van der Waals surface area contributed by atoms with Gasteiger partial charge in [0.05, 0.1) is 26.3 Å². The van der Waals surface area contributed by atoms with Gasteiger partial charge in [0.1, 0.15) is 5.75 Å². The van der Waals surface area contributed by atoms with E-state index in [0.29, 0.717) is 6.54 Å². The third-order valence-corrected chi connectivity index (χ3v) is 4.80. The van der Waals surface area contributed by atoms with E-state index in [-0.39, 0.29) is 18.6 Å². The molecule has 1 amide bonds. The zero-order valence-corrected chi connectivity index (χ0v) is 14.9. The van der Waals surface area contributed by atoms with Crippen molar-refractivity contribution in [1.29, 1.82) is 0 Å². The second kappa shape index (κ2) is 9.64. The molecule has 1 aromatic rings. The Labute approximate surface area is 145 Å². The molecule has 1 unspecified atom stereocenters. The second-order valence-corrected chi connectivity index (χ2v) is 6.54. The van der Waals surface area contributed by atoms with Gasteiger partial charge in [-0.1, -0.05) is 31.4 Å². The molecule has 1 fully saturated rings. The molecule has 5 heteroatoms. The number of methoxy groups -OCH3 is 1. The van der Waals surface area contributed by atoms with Crippen molar-refractivity contribution in [3.05, 3.63) is 29.8 Å². The van der Waals surface area contributed by atoms with Gasteiger partial charge in [-0.15, -0.1) is 0 Å². The van der Waals surface area contributed by atoms with Crippen molar-refractivity contribution in [2.24, 2.45) is 0 Å². The van der Waals surface area contributed by atoms with Crippen molar-refractivity contribution >= 4 is 5.91 Å². The quantitative estimate of drug-likeness (QED) is 0.868. The van der Waals surface area contributed by atoms with E-state index in [9.17, 15) is 9.90 Å². The minimum Gasteiger partial charge on any atom is -0.497 e. The van der Waals surface area contributed by atoms with E-state index < -0.39 is 0 Å². The summed E-state index contributed by atoms with van der Waals surface area (Å²) in [4.78, 5) is 16.5. The molecule has 0 saturated carbocycles. The molecule has 1 aromatic carbocycles. The first kappa shape index (κ1) is 18.7. The molecular weight excluding hydrogens is 304 g/mol. The zero-order chi connectivity index (χ0) is 17.4. The number of likely N-dealkylation sites (tertiary alicyclic amines) is 1. The molecule has 1 saturated heterocycles. The average molecular weight is 334 g/mol. The van der Waals surface area contributed by atoms with E-state index in [0.717, 1.165) is 37.2 Å². The van der Waals surface area contributed by atoms with E-state index in [1.54, 1.807) is 7.11 Å². The SMILES string of the molecule is COc1ccc(C(CO)N(C)CC(=O)N2CCCCCCC2)cc1. The molecule has 134 valence electrons. The maximum Gasteiger partial charge on any atom is 0.236 e. The molecule has 24 heavy (non-hydrogen) atoms. The number of hydrogen-bond acceptors (Lipinski definition) is 4. The number of nitrogens with zero attached hydrogens (tertiary/aromatic N) is 2. The Hall–Kier alpha value is -1.59. The topological polar surface area (TPSA) is 53.0 Å². The van der Waals surface area contributed by atoms with Gasteiger partial charge >= 0.3 is 0 Å². The fourth-order valence-electron chi connectivity index (χ4n) is 3.25. The molecule has 0 aliphatic carbocycles. The van der Waals surface area contributed by atoms with E-state index in [1.807, 2.05) is 41.1 Å². The maximum atomic E-state index is 12.6. The van der Waals surface area contributed by atoms with E-state index in [2.05, 4.69) is 0 Å². The van der Waals surface area contributed by atoms with Gasteiger partial charge in [-0.05, 0) is 37.6 Å². The van der Waals surface area contributed by atoms with Crippen molar-refractivity contribution in [3.63, 3.8) is 0 Å². The first-order chi connectivity index (χ1) is 11.7. The number of carbonyl (C=O) groups is 1. The monoisotopic (exact) mass is 334 g/mol. The molecule has 0 radical (unpaired) electrons. The van der Waals surface area contributed by atoms with Crippen molar-refractivity contribution < 1.29 is 14.6 Å². The van der Waals surface area contributed by atoms with Crippen LogP contribution in [-0.2, 0) is 4.79 Å². The minimum absolute atomic E-state index is 0.0177. The lowest BCUT2D eigenvalue weighted by Gasteiger charge is -2.30. The van der Waals surface area contributed by atoms with E-state index in [4.69, 9.17) is 4.74 Å². The van der Waals surface area contributed by atoms with Crippen molar-refractivity contribution in [2.45, 2.75) is 38.1 Å². The molecule has 0 bridgehead atoms. The van der Waals surface area contributed by atoms with Crippen molar-refractivity contribution in [1.82, 2.24) is 9.80 Å². The molecule has 0 aromatic heterocycles. The summed E-state index contributed by atoms with van der Waals surface area (Å²) in [5, 5.41) is 9.78. The fourth-order valence-corrected chi connectivity index (χ4v) is 3.25. The Morgan fingerprint density at radius 2 is 1.75 bits per heavy atom. The molecule has 5 nitrogen and oxygen atoms in total. The first-order valence-corrected chi connectivity index (χ1v) is 8.88. The molecule has 1 aliphatic rings. The third kappa shape index (κ3) is 5.21. The standard InChI is InChI=1S/C19H30N2O3/c1-20(14-19(23)21-12-6-4-3-5-7-13-21)18(15-22)16-8-10-17(24-2)11-9-16/h8-11,18,22H,3-7,12-15H2,1-2H3. The Bertz CT molecular complexity index is 496. The van der Waals surface area contributed by atoms with Crippen LogP contribution >= 0.6 is 0 Å². The van der Waals surface area contributed by atoms with Gasteiger partial charge < -0.3 is 14.7 Å². The lowest BCUT2D eigenvalue weighted by atomic mass is 10.1. The normalized spacial score (nSPS) is 17.2. The Morgan fingerprint density at radius 1 is 1.17 bits per heavy atom. The predicted molar refractivity (Wildman–Crippen MR) is 95.1 cm³/mol. The van der Waals surface area contributed by atoms with Crippen LogP contribution in [-0.4, -0.2) is 61.2 Å². The first-order valence-electron chi connectivity index (χ1n) is 8.88. The molecule has 1 heterocycles. The van der Waals surface area contributed by atoms with Gasteiger partial charge in [0.25, 0.3) is 0 Å². The van der Waals surface area contributed by atoms with Gasteiger partial charge in [0.15, 0.2) is 0 Å². The number of likely N-dealkylation sites (N-methyl/N-ethyl adjacent to an activating group) is 1. The van der Waals surface area contributed by atoms with Crippen molar-refractivity contribution in [3.8, 4) is 5.75 Å². The Balaban J connectivity index is 1.96. The number of aliphatic hydroxyl groups is 1. The minimum atomic E-state index is -0.186. The number of carbonyl (C=O) groups excluding carboxylic acids is 1. The molecule has 1 N–H and O–H groups in total. The summed E-state index contributed by atoms with van der Waals surface area (Å²) in [6, 6.07) is 7.46. The molecule has 1 atom stereocenters. The number of rotatable bonds is 6. The summed E-state index contributed by atoms with van der Waals surface area (Å²) in [6.45, 7) is 2.03. The summed E-state index contributed by atoms with van der Waals surface area (Å²) >= 11 is 0. The number of ether oxygens (including phenoxy) is 1. The smallest absolute Gasteiger partial charge is 0.236 e. The second-order valence-electron chi connectivity index (χ2n) is 6.54. The number of hydrogen-bond donors (Lipinski definition) is 1. The van der Waals surface area contributed by atoms with Crippen LogP contribution in [0.15, 0.2) is 24.3 Å². The highest BCUT2D eigenvalue weighted by Gasteiger charge is 2.22. The summed E-state index contributed by atoms with van der Waals surface area (Å²) < 4.78 is 5.17. The molecular formula is C19H30N2O3. The van der Waals surface area contributed by atoms with Crippen LogP contribution in [0.4, 0.5) is 0 Å².